The smallest absolute Gasteiger partial charge is 0.239 e. The van der Waals surface area contributed by atoms with Crippen LogP contribution in [0.25, 0.3) is 0 Å². The van der Waals surface area contributed by atoms with Gasteiger partial charge in [-0.1, -0.05) is 13.8 Å². The molecular weight excluding hydrogens is 254 g/mol. The first-order valence-corrected chi connectivity index (χ1v) is 7.25. The average Bonchev–Trinajstić information content (AvgIpc) is 2.36. The first-order valence-electron chi connectivity index (χ1n) is 7.25. The molecule has 0 aromatic carbocycles. The molecule has 1 aromatic heterocycles. The zero-order chi connectivity index (χ0) is 14.7. The number of hydrogen-bond acceptors (Lipinski definition) is 5. The van der Waals surface area contributed by atoms with Gasteiger partial charge in [0.05, 0.1) is 24.5 Å². The van der Waals surface area contributed by atoms with Crippen molar-refractivity contribution < 1.29 is 9.47 Å². The predicted octanol–water partition coefficient (Wildman–Crippen LogP) is 2.31. The molecule has 0 amide bonds. The number of aromatic nitrogens is 1. The first kappa shape index (κ1) is 14.9. The summed E-state index contributed by atoms with van der Waals surface area (Å²) in [7, 11) is 0. The van der Waals surface area contributed by atoms with Crippen LogP contribution in [0.2, 0.25) is 0 Å². The van der Waals surface area contributed by atoms with E-state index in [1.165, 1.54) is 0 Å². The van der Waals surface area contributed by atoms with Gasteiger partial charge in [-0.25, -0.2) is 0 Å². The van der Waals surface area contributed by atoms with Crippen LogP contribution in [-0.4, -0.2) is 36.9 Å². The van der Waals surface area contributed by atoms with Crippen molar-refractivity contribution in [3.63, 3.8) is 0 Å². The minimum absolute atomic E-state index is 0.207. The van der Waals surface area contributed by atoms with E-state index in [9.17, 15) is 0 Å². The summed E-state index contributed by atoms with van der Waals surface area (Å²) in [5.74, 6) is 1.88. The molecule has 1 fully saturated rings. The number of nitrogen functional groups attached to an aromatic ring is 1. The van der Waals surface area contributed by atoms with E-state index >= 15 is 0 Å². The van der Waals surface area contributed by atoms with Gasteiger partial charge in [0.2, 0.25) is 5.88 Å². The fourth-order valence-corrected chi connectivity index (χ4v) is 2.34. The minimum atomic E-state index is 0.207. The van der Waals surface area contributed by atoms with Crippen molar-refractivity contribution in [2.75, 3.05) is 30.3 Å². The quantitative estimate of drug-likeness (QED) is 0.916. The summed E-state index contributed by atoms with van der Waals surface area (Å²) >= 11 is 0. The predicted molar refractivity (Wildman–Crippen MR) is 81.2 cm³/mol. The van der Waals surface area contributed by atoms with Gasteiger partial charge in [-0.15, -0.1) is 0 Å². The van der Waals surface area contributed by atoms with Crippen LogP contribution in [0.4, 0.5) is 11.5 Å². The van der Waals surface area contributed by atoms with Gasteiger partial charge < -0.3 is 20.1 Å². The van der Waals surface area contributed by atoms with E-state index in [0.717, 1.165) is 18.9 Å². The first-order chi connectivity index (χ1) is 9.45. The van der Waals surface area contributed by atoms with E-state index < -0.39 is 0 Å². The van der Waals surface area contributed by atoms with E-state index in [0.29, 0.717) is 24.1 Å². The lowest BCUT2D eigenvalue weighted by atomic mass is 10.2. The summed E-state index contributed by atoms with van der Waals surface area (Å²) in [5, 5.41) is 0. The molecule has 0 saturated carbocycles. The maximum Gasteiger partial charge on any atom is 0.239 e. The Morgan fingerprint density at radius 2 is 2.00 bits per heavy atom. The maximum absolute atomic E-state index is 5.93. The number of nitrogens with zero attached hydrogens (tertiary/aromatic N) is 2. The maximum atomic E-state index is 5.93. The Hall–Kier alpha value is -1.49. The van der Waals surface area contributed by atoms with Crippen molar-refractivity contribution in [1.82, 2.24) is 4.98 Å². The van der Waals surface area contributed by atoms with Gasteiger partial charge in [-0.2, -0.15) is 4.98 Å². The summed E-state index contributed by atoms with van der Waals surface area (Å²) in [6, 6.07) is 3.81. The Balaban J connectivity index is 2.13. The van der Waals surface area contributed by atoms with E-state index in [4.69, 9.17) is 15.2 Å². The van der Waals surface area contributed by atoms with Gasteiger partial charge >= 0.3 is 0 Å². The number of rotatable bonds is 4. The van der Waals surface area contributed by atoms with Gasteiger partial charge in [-0.3, -0.25) is 0 Å². The zero-order valence-electron chi connectivity index (χ0n) is 12.8. The van der Waals surface area contributed by atoms with E-state index in [2.05, 4.69) is 37.6 Å². The molecule has 2 atom stereocenters. The largest absolute Gasteiger partial charge is 0.476 e. The fraction of sp³-hybridized carbons (Fsp3) is 0.667. The minimum Gasteiger partial charge on any atom is -0.476 e. The Labute approximate surface area is 121 Å². The van der Waals surface area contributed by atoms with E-state index in [1.54, 1.807) is 0 Å². The highest BCUT2D eigenvalue weighted by atomic mass is 16.5. The van der Waals surface area contributed by atoms with Crippen LogP contribution < -0.4 is 15.4 Å². The Kier molecular flexibility index (Phi) is 4.70. The highest BCUT2D eigenvalue weighted by Gasteiger charge is 2.23. The third kappa shape index (κ3) is 3.76. The number of pyridine rings is 1. The molecule has 1 saturated heterocycles. The molecule has 20 heavy (non-hydrogen) atoms. The molecule has 2 unspecified atom stereocenters. The Morgan fingerprint density at radius 1 is 1.35 bits per heavy atom. The second-order valence-electron chi connectivity index (χ2n) is 5.93. The van der Waals surface area contributed by atoms with Crippen LogP contribution in [-0.2, 0) is 4.74 Å². The molecule has 0 radical (unpaired) electrons. The van der Waals surface area contributed by atoms with Crippen molar-refractivity contribution in [2.24, 2.45) is 5.92 Å². The molecular formula is C15H25N3O2. The van der Waals surface area contributed by atoms with Crippen LogP contribution >= 0.6 is 0 Å². The summed E-state index contributed by atoms with van der Waals surface area (Å²) in [6.45, 7) is 10.7. The zero-order valence-corrected chi connectivity index (χ0v) is 12.8. The van der Waals surface area contributed by atoms with Gasteiger partial charge in [0.25, 0.3) is 0 Å². The van der Waals surface area contributed by atoms with Gasteiger partial charge in [-0.05, 0) is 31.9 Å². The molecule has 1 aliphatic rings. The molecule has 2 N–H and O–H groups in total. The van der Waals surface area contributed by atoms with Crippen molar-refractivity contribution in [3.8, 4) is 5.88 Å². The van der Waals surface area contributed by atoms with Crippen LogP contribution in [0, 0.1) is 5.92 Å². The number of hydrogen-bond donors (Lipinski definition) is 1. The molecule has 2 heterocycles. The molecule has 2 rings (SSSR count). The van der Waals surface area contributed by atoms with Crippen molar-refractivity contribution in [2.45, 2.75) is 39.9 Å². The molecule has 112 valence electrons. The van der Waals surface area contributed by atoms with E-state index in [1.807, 2.05) is 12.1 Å². The van der Waals surface area contributed by atoms with Crippen LogP contribution in [0.1, 0.15) is 27.7 Å². The lowest BCUT2D eigenvalue weighted by molar-refractivity contribution is -0.00549. The molecule has 5 heteroatoms. The molecule has 1 aromatic rings. The Morgan fingerprint density at radius 3 is 2.60 bits per heavy atom. The van der Waals surface area contributed by atoms with Crippen molar-refractivity contribution in [3.05, 3.63) is 12.1 Å². The molecule has 0 bridgehead atoms. The van der Waals surface area contributed by atoms with E-state index in [-0.39, 0.29) is 12.2 Å². The average molecular weight is 279 g/mol. The number of anilines is 2. The van der Waals surface area contributed by atoms with Crippen molar-refractivity contribution >= 4 is 11.5 Å². The van der Waals surface area contributed by atoms with Gasteiger partial charge in [0.15, 0.2) is 0 Å². The van der Waals surface area contributed by atoms with Gasteiger partial charge in [0.1, 0.15) is 5.82 Å². The molecule has 5 nitrogen and oxygen atoms in total. The fourth-order valence-electron chi connectivity index (χ4n) is 2.34. The van der Waals surface area contributed by atoms with Crippen LogP contribution in [0.5, 0.6) is 5.88 Å². The Bertz CT molecular complexity index is 441. The topological polar surface area (TPSA) is 60.6 Å². The molecule has 0 aliphatic carbocycles. The van der Waals surface area contributed by atoms with Crippen LogP contribution in [0.3, 0.4) is 0 Å². The summed E-state index contributed by atoms with van der Waals surface area (Å²) in [6.07, 6.45) is 0.413. The summed E-state index contributed by atoms with van der Waals surface area (Å²) in [5.41, 5.74) is 6.52. The monoisotopic (exact) mass is 279 g/mol. The van der Waals surface area contributed by atoms with Crippen LogP contribution in [0.15, 0.2) is 12.1 Å². The number of morpholine rings is 1. The SMILES string of the molecule is CC(C)COc1nc(N2CC(C)OC(C)C2)ccc1N. The lowest BCUT2D eigenvalue weighted by Gasteiger charge is -2.36. The van der Waals surface area contributed by atoms with Crippen molar-refractivity contribution in [1.29, 1.82) is 0 Å². The third-order valence-electron chi connectivity index (χ3n) is 3.17. The summed E-state index contributed by atoms with van der Waals surface area (Å²) in [4.78, 5) is 6.78. The second-order valence-corrected chi connectivity index (χ2v) is 5.93. The highest BCUT2D eigenvalue weighted by molar-refractivity contribution is 5.54. The standard InChI is InChI=1S/C15H25N3O2/c1-10(2)9-19-15-13(16)5-6-14(17-15)18-7-11(3)20-12(4)8-18/h5-6,10-12H,7-9,16H2,1-4H3. The second kappa shape index (κ2) is 6.31. The third-order valence-corrected chi connectivity index (χ3v) is 3.17. The molecule has 1 aliphatic heterocycles. The molecule has 0 spiro atoms. The highest BCUT2D eigenvalue weighted by Crippen LogP contribution is 2.25. The summed E-state index contributed by atoms with van der Waals surface area (Å²) < 4.78 is 11.4. The number of ether oxygens (including phenoxy) is 2. The lowest BCUT2D eigenvalue weighted by Crippen LogP contribution is -2.45. The normalized spacial score (nSPS) is 23.1. The van der Waals surface area contributed by atoms with Gasteiger partial charge in [0, 0.05) is 13.1 Å². The number of nitrogens with two attached hydrogens (primary N) is 1.